The summed E-state index contributed by atoms with van der Waals surface area (Å²) in [5, 5.41) is 2.63. The molecule has 0 heterocycles. The van der Waals surface area contributed by atoms with Crippen LogP contribution in [-0.4, -0.2) is 12.5 Å². The number of carbonyl (C=O) groups excluding carboxylic acids is 1. The summed E-state index contributed by atoms with van der Waals surface area (Å²) >= 11 is 0. The van der Waals surface area contributed by atoms with Crippen LogP contribution >= 0.6 is 0 Å². The zero-order chi connectivity index (χ0) is 11.7. The fourth-order valence-corrected chi connectivity index (χ4v) is 2.26. The first-order valence-electron chi connectivity index (χ1n) is 5.74. The second-order valence-corrected chi connectivity index (χ2v) is 4.33. The van der Waals surface area contributed by atoms with Crippen molar-refractivity contribution in [1.29, 1.82) is 0 Å². The summed E-state index contributed by atoms with van der Waals surface area (Å²) in [6.07, 6.45) is 1.97. The van der Waals surface area contributed by atoms with E-state index in [9.17, 15) is 9.18 Å². The average molecular weight is 221 g/mol. The van der Waals surface area contributed by atoms with E-state index in [1.165, 1.54) is 6.07 Å². The maximum Gasteiger partial charge on any atom is 0.254 e. The third-order valence-corrected chi connectivity index (χ3v) is 3.19. The predicted octanol–water partition coefficient (Wildman–Crippen LogP) is 2.63. The molecule has 1 atom stereocenters. The SMILES string of the molecule is CCNC(=O)c1cc2c(cc1F)CCC2C. The maximum atomic E-state index is 13.7. The summed E-state index contributed by atoms with van der Waals surface area (Å²) in [5.41, 5.74) is 2.36. The van der Waals surface area contributed by atoms with Gasteiger partial charge < -0.3 is 5.32 Å². The molecule has 16 heavy (non-hydrogen) atoms. The molecule has 0 spiro atoms. The van der Waals surface area contributed by atoms with Crippen molar-refractivity contribution < 1.29 is 9.18 Å². The van der Waals surface area contributed by atoms with Gasteiger partial charge in [-0.15, -0.1) is 0 Å². The van der Waals surface area contributed by atoms with Gasteiger partial charge in [0, 0.05) is 6.54 Å². The first-order valence-corrected chi connectivity index (χ1v) is 5.74. The molecule has 0 saturated heterocycles. The van der Waals surface area contributed by atoms with Crippen molar-refractivity contribution in [3.63, 3.8) is 0 Å². The van der Waals surface area contributed by atoms with Gasteiger partial charge in [-0.1, -0.05) is 6.92 Å². The third kappa shape index (κ3) is 1.82. The van der Waals surface area contributed by atoms with Crippen LogP contribution in [0.25, 0.3) is 0 Å². The van der Waals surface area contributed by atoms with Crippen LogP contribution in [0.4, 0.5) is 4.39 Å². The number of hydrogen-bond donors (Lipinski definition) is 1. The highest BCUT2D eigenvalue weighted by Gasteiger charge is 2.22. The number of nitrogens with one attached hydrogen (secondary N) is 1. The first kappa shape index (κ1) is 11.1. The molecule has 0 bridgehead atoms. The zero-order valence-electron chi connectivity index (χ0n) is 9.64. The van der Waals surface area contributed by atoms with E-state index in [1.54, 1.807) is 6.07 Å². The molecule has 1 aromatic carbocycles. The minimum Gasteiger partial charge on any atom is -0.352 e. The van der Waals surface area contributed by atoms with Gasteiger partial charge in [0.15, 0.2) is 0 Å². The minimum atomic E-state index is -0.404. The van der Waals surface area contributed by atoms with Crippen molar-refractivity contribution in [2.75, 3.05) is 6.54 Å². The lowest BCUT2D eigenvalue weighted by Gasteiger charge is -2.09. The van der Waals surface area contributed by atoms with Crippen LogP contribution in [0.3, 0.4) is 0 Å². The summed E-state index contributed by atoms with van der Waals surface area (Å²) in [6.45, 7) is 4.46. The molecule has 0 aromatic heterocycles. The fraction of sp³-hybridized carbons (Fsp3) is 0.462. The third-order valence-electron chi connectivity index (χ3n) is 3.19. The second-order valence-electron chi connectivity index (χ2n) is 4.33. The summed E-state index contributed by atoms with van der Waals surface area (Å²) in [7, 11) is 0. The smallest absolute Gasteiger partial charge is 0.254 e. The van der Waals surface area contributed by atoms with E-state index in [0.717, 1.165) is 24.0 Å². The Kier molecular flexibility index (Phi) is 2.95. The van der Waals surface area contributed by atoms with Gasteiger partial charge in [-0.2, -0.15) is 0 Å². The minimum absolute atomic E-state index is 0.175. The van der Waals surface area contributed by atoms with E-state index >= 15 is 0 Å². The van der Waals surface area contributed by atoms with Gasteiger partial charge in [-0.05, 0) is 48.9 Å². The summed E-state index contributed by atoms with van der Waals surface area (Å²) < 4.78 is 13.7. The molecule has 2 rings (SSSR count). The van der Waals surface area contributed by atoms with E-state index in [1.807, 2.05) is 6.92 Å². The summed E-state index contributed by atoms with van der Waals surface area (Å²) in [4.78, 5) is 11.6. The van der Waals surface area contributed by atoms with E-state index in [-0.39, 0.29) is 11.5 Å². The van der Waals surface area contributed by atoms with Gasteiger partial charge in [-0.3, -0.25) is 4.79 Å². The van der Waals surface area contributed by atoms with Gasteiger partial charge in [-0.25, -0.2) is 4.39 Å². The molecular weight excluding hydrogens is 205 g/mol. The Balaban J connectivity index is 2.40. The number of fused-ring (bicyclic) bond motifs is 1. The fourth-order valence-electron chi connectivity index (χ4n) is 2.26. The molecule has 1 aliphatic carbocycles. The quantitative estimate of drug-likeness (QED) is 0.817. The van der Waals surface area contributed by atoms with Crippen molar-refractivity contribution in [3.8, 4) is 0 Å². The van der Waals surface area contributed by atoms with Crippen molar-refractivity contribution in [2.45, 2.75) is 32.6 Å². The lowest BCUT2D eigenvalue weighted by atomic mass is 10.00. The topological polar surface area (TPSA) is 29.1 Å². The van der Waals surface area contributed by atoms with Gasteiger partial charge in [0.05, 0.1) is 5.56 Å². The van der Waals surface area contributed by atoms with Gasteiger partial charge in [0.1, 0.15) is 5.82 Å². The molecule has 1 N–H and O–H groups in total. The number of carbonyl (C=O) groups is 1. The van der Waals surface area contributed by atoms with Gasteiger partial charge in [0.2, 0.25) is 0 Å². The molecule has 2 nitrogen and oxygen atoms in total. The van der Waals surface area contributed by atoms with Crippen LogP contribution in [-0.2, 0) is 6.42 Å². The zero-order valence-corrected chi connectivity index (χ0v) is 9.64. The van der Waals surface area contributed by atoms with Crippen molar-refractivity contribution in [2.24, 2.45) is 0 Å². The van der Waals surface area contributed by atoms with E-state index < -0.39 is 5.82 Å². The van der Waals surface area contributed by atoms with E-state index in [4.69, 9.17) is 0 Å². The Hall–Kier alpha value is -1.38. The largest absolute Gasteiger partial charge is 0.352 e. The van der Waals surface area contributed by atoms with Crippen LogP contribution in [0.15, 0.2) is 12.1 Å². The highest BCUT2D eigenvalue weighted by molar-refractivity contribution is 5.94. The lowest BCUT2D eigenvalue weighted by Crippen LogP contribution is -2.24. The maximum absolute atomic E-state index is 13.7. The molecule has 1 aliphatic rings. The molecular formula is C13H16FNO. The molecule has 0 aliphatic heterocycles. The molecule has 0 saturated carbocycles. The van der Waals surface area contributed by atoms with Crippen LogP contribution < -0.4 is 5.32 Å². The van der Waals surface area contributed by atoms with Crippen LogP contribution in [0.5, 0.6) is 0 Å². The predicted molar refractivity (Wildman–Crippen MR) is 61.1 cm³/mol. The Morgan fingerprint density at radius 3 is 3.00 bits per heavy atom. The second kappa shape index (κ2) is 4.24. The number of benzene rings is 1. The van der Waals surface area contributed by atoms with Crippen molar-refractivity contribution in [1.82, 2.24) is 5.32 Å². The lowest BCUT2D eigenvalue weighted by molar-refractivity contribution is 0.0951. The van der Waals surface area contributed by atoms with E-state index in [0.29, 0.717) is 12.5 Å². The summed E-state index contributed by atoms with van der Waals surface area (Å²) in [5.74, 6) is -0.288. The molecule has 3 heteroatoms. The Morgan fingerprint density at radius 2 is 2.31 bits per heavy atom. The van der Waals surface area contributed by atoms with Crippen LogP contribution in [0.2, 0.25) is 0 Å². The van der Waals surface area contributed by atoms with Crippen molar-refractivity contribution >= 4 is 5.91 Å². The normalized spacial score (nSPS) is 18.3. The highest BCUT2D eigenvalue weighted by Crippen LogP contribution is 2.34. The molecule has 1 amide bonds. The van der Waals surface area contributed by atoms with Gasteiger partial charge >= 0.3 is 0 Å². The monoisotopic (exact) mass is 221 g/mol. The Morgan fingerprint density at radius 1 is 1.56 bits per heavy atom. The number of rotatable bonds is 2. The number of aryl methyl sites for hydroxylation is 1. The molecule has 1 aromatic rings. The Labute approximate surface area is 94.9 Å². The number of amides is 1. The van der Waals surface area contributed by atoms with Gasteiger partial charge in [0.25, 0.3) is 5.91 Å². The molecule has 0 fully saturated rings. The highest BCUT2D eigenvalue weighted by atomic mass is 19.1. The molecule has 1 unspecified atom stereocenters. The standard InChI is InChI=1S/C13H16FNO/c1-3-15-13(16)11-7-10-8(2)4-5-9(10)6-12(11)14/h6-8H,3-5H2,1-2H3,(H,15,16). The first-order chi connectivity index (χ1) is 7.63. The Bertz CT molecular complexity index is 428. The molecule has 86 valence electrons. The summed E-state index contributed by atoms with van der Waals surface area (Å²) in [6, 6.07) is 3.23. The number of hydrogen-bond acceptors (Lipinski definition) is 1. The van der Waals surface area contributed by atoms with Crippen molar-refractivity contribution in [3.05, 3.63) is 34.6 Å². The molecule has 0 radical (unpaired) electrons. The average Bonchev–Trinajstić information content (AvgIpc) is 2.59. The van der Waals surface area contributed by atoms with Crippen LogP contribution in [0.1, 0.15) is 47.7 Å². The van der Waals surface area contributed by atoms with E-state index in [2.05, 4.69) is 12.2 Å². The van der Waals surface area contributed by atoms with Crippen LogP contribution in [0, 0.1) is 5.82 Å². The number of halogens is 1.